The van der Waals surface area contributed by atoms with Crippen LogP contribution in [0.1, 0.15) is 27.2 Å². The highest BCUT2D eigenvalue weighted by Crippen LogP contribution is 2.26. The van der Waals surface area contributed by atoms with Crippen LogP contribution in [0.3, 0.4) is 0 Å². The number of aryl methyl sites for hydroxylation is 1. The molecule has 3 aromatic rings. The number of carbonyl (C=O) groups is 1. The SMILES string of the molecule is Cc1csc(SCc2ccc(C(=O)NCc3ccnc(N4CCOCC4)c3)cc2)n1. The number of aromatic nitrogens is 2. The lowest BCUT2D eigenvalue weighted by atomic mass is 10.1. The molecule has 0 radical (unpaired) electrons. The Kier molecular flexibility index (Phi) is 6.99. The molecule has 1 amide bonds. The average Bonchev–Trinajstić information content (AvgIpc) is 3.22. The lowest BCUT2D eigenvalue weighted by Gasteiger charge is -2.28. The van der Waals surface area contributed by atoms with Crippen LogP contribution in [0.4, 0.5) is 5.82 Å². The van der Waals surface area contributed by atoms with Crippen molar-refractivity contribution >= 4 is 34.8 Å². The maximum atomic E-state index is 12.5. The quantitative estimate of drug-likeness (QED) is 0.562. The second-order valence-corrected chi connectivity index (χ2v) is 9.13. The standard InChI is InChI=1S/C22H24N4O2S2/c1-16-14-29-22(25-16)30-15-17-2-4-19(5-3-17)21(27)24-13-18-6-7-23-20(12-18)26-8-10-28-11-9-26/h2-7,12,14H,8-11,13,15H2,1H3,(H,24,27). The summed E-state index contributed by atoms with van der Waals surface area (Å²) in [5, 5.41) is 5.06. The summed E-state index contributed by atoms with van der Waals surface area (Å²) in [5.74, 6) is 1.70. The van der Waals surface area contributed by atoms with Gasteiger partial charge in [-0.25, -0.2) is 9.97 Å². The van der Waals surface area contributed by atoms with Gasteiger partial charge in [-0.2, -0.15) is 0 Å². The van der Waals surface area contributed by atoms with Gasteiger partial charge in [0.25, 0.3) is 5.91 Å². The van der Waals surface area contributed by atoms with E-state index in [9.17, 15) is 4.79 Å². The van der Waals surface area contributed by atoms with Crippen molar-refractivity contribution in [3.8, 4) is 0 Å². The van der Waals surface area contributed by atoms with Gasteiger partial charge in [0.1, 0.15) is 10.2 Å². The van der Waals surface area contributed by atoms with E-state index in [0.717, 1.165) is 53.5 Å². The lowest BCUT2D eigenvalue weighted by molar-refractivity contribution is 0.0951. The molecular formula is C22H24N4O2S2. The van der Waals surface area contributed by atoms with Gasteiger partial charge in [-0.15, -0.1) is 11.3 Å². The molecule has 1 fully saturated rings. The average molecular weight is 441 g/mol. The van der Waals surface area contributed by atoms with Crippen molar-refractivity contribution in [2.75, 3.05) is 31.2 Å². The smallest absolute Gasteiger partial charge is 0.251 e. The molecule has 0 bridgehead atoms. The van der Waals surface area contributed by atoms with E-state index in [0.29, 0.717) is 12.1 Å². The molecule has 0 aliphatic carbocycles. The topological polar surface area (TPSA) is 67.4 Å². The molecule has 4 rings (SSSR count). The summed E-state index contributed by atoms with van der Waals surface area (Å²) in [6.45, 7) is 5.61. The van der Waals surface area contributed by atoms with Crippen molar-refractivity contribution in [3.05, 3.63) is 70.4 Å². The van der Waals surface area contributed by atoms with Crippen molar-refractivity contribution in [2.45, 2.75) is 23.6 Å². The third kappa shape index (κ3) is 5.59. The highest BCUT2D eigenvalue weighted by atomic mass is 32.2. The van der Waals surface area contributed by atoms with Crippen molar-refractivity contribution < 1.29 is 9.53 Å². The minimum absolute atomic E-state index is 0.0745. The third-order valence-electron chi connectivity index (χ3n) is 4.77. The molecule has 0 saturated carbocycles. The molecule has 1 aromatic carbocycles. The number of hydrogen-bond donors (Lipinski definition) is 1. The van der Waals surface area contributed by atoms with Gasteiger partial charge in [-0.1, -0.05) is 23.9 Å². The number of benzene rings is 1. The van der Waals surface area contributed by atoms with E-state index in [1.54, 1.807) is 29.3 Å². The number of anilines is 1. The zero-order chi connectivity index (χ0) is 20.8. The molecule has 156 valence electrons. The fourth-order valence-corrected chi connectivity index (χ4v) is 4.92. The van der Waals surface area contributed by atoms with Crippen LogP contribution >= 0.6 is 23.1 Å². The van der Waals surface area contributed by atoms with Crippen molar-refractivity contribution in [3.63, 3.8) is 0 Å². The maximum absolute atomic E-state index is 12.5. The number of hydrogen-bond acceptors (Lipinski definition) is 7. The maximum Gasteiger partial charge on any atom is 0.251 e. The number of morpholine rings is 1. The first kappa shape index (κ1) is 20.8. The molecule has 30 heavy (non-hydrogen) atoms. The first-order valence-electron chi connectivity index (χ1n) is 9.87. The molecule has 0 atom stereocenters. The summed E-state index contributed by atoms with van der Waals surface area (Å²) in [5.41, 5.74) is 3.93. The van der Waals surface area contributed by atoms with E-state index in [2.05, 4.69) is 25.6 Å². The lowest BCUT2D eigenvalue weighted by Crippen LogP contribution is -2.36. The van der Waals surface area contributed by atoms with Crippen molar-refractivity contribution in [1.82, 2.24) is 15.3 Å². The van der Waals surface area contributed by atoms with Gasteiger partial charge in [0.05, 0.1) is 13.2 Å². The van der Waals surface area contributed by atoms with E-state index in [1.165, 1.54) is 5.56 Å². The molecule has 6 nitrogen and oxygen atoms in total. The van der Waals surface area contributed by atoms with Crippen LogP contribution in [0.2, 0.25) is 0 Å². The van der Waals surface area contributed by atoms with E-state index >= 15 is 0 Å². The number of nitrogens with zero attached hydrogens (tertiary/aromatic N) is 3. The normalized spacial score (nSPS) is 14.0. The summed E-state index contributed by atoms with van der Waals surface area (Å²) in [4.78, 5) is 23.7. The summed E-state index contributed by atoms with van der Waals surface area (Å²) >= 11 is 3.38. The predicted molar refractivity (Wildman–Crippen MR) is 121 cm³/mol. The number of pyridine rings is 1. The van der Waals surface area contributed by atoms with Crippen LogP contribution in [0.15, 0.2) is 52.3 Å². The number of thiazole rings is 1. The predicted octanol–water partition coefficient (Wildman–Crippen LogP) is 3.91. The second kappa shape index (κ2) is 10.1. The minimum Gasteiger partial charge on any atom is -0.378 e. The Balaban J connectivity index is 1.29. The fraction of sp³-hybridized carbons (Fsp3) is 0.318. The first-order chi connectivity index (χ1) is 14.7. The zero-order valence-corrected chi connectivity index (χ0v) is 18.5. The molecule has 0 unspecified atom stereocenters. The molecule has 8 heteroatoms. The second-order valence-electron chi connectivity index (χ2n) is 7.04. The van der Waals surface area contributed by atoms with Crippen LogP contribution in [-0.2, 0) is 17.0 Å². The highest BCUT2D eigenvalue weighted by molar-refractivity contribution is 8.00. The molecule has 0 spiro atoms. The van der Waals surface area contributed by atoms with Gasteiger partial charge < -0.3 is 15.0 Å². The Labute approximate surface area is 184 Å². The first-order valence-corrected chi connectivity index (χ1v) is 11.7. The summed E-state index contributed by atoms with van der Waals surface area (Å²) in [6.07, 6.45) is 1.79. The number of carbonyl (C=O) groups excluding carboxylic acids is 1. The van der Waals surface area contributed by atoms with Crippen molar-refractivity contribution in [2.24, 2.45) is 0 Å². The van der Waals surface area contributed by atoms with Crippen LogP contribution in [-0.4, -0.2) is 42.2 Å². The van der Waals surface area contributed by atoms with Crippen LogP contribution in [0.5, 0.6) is 0 Å². The van der Waals surface area contributed by atoms with Crippen LogP contribution in [0.25, 0.3) is 0 Å². The van der Waals surface area contributed by atoms with Crippen LogP contribution in [0, 0.1) is 6.92 Å². The Bertz CT molecular complexity index is 985. The number of amides is 1. The summed E-state index contributed by atoms with van der Waals surface area (Å²) in [6, 6.07) is 11.7. The van der Waals surface area contributed by atoms with Gasteiger partial charge in [-0.3, -0.25) is 4.79 Å². The minimum atomic E-state index is -0.0745. The number of rotatable bonds is 7. The number of ether oxygens (including phenoxy) is 1. The summed E-state index contributed by atoms with van der Waals surface area (Å²) in [7, 11) is 0. The third-order valence-corrected chi connectivity index (χ3v) is 6.98. The van der Waals surface area contributed by atoms with Crippen molar-refractivity contribution in [1.29, 1.82) is 0 Å². The zero-order valence-electron chi connectivity index (χ0n) is 16.8. The fourth-order valence-electron chi connectivity index (χ4n) is 3.12. The summed E-state index contributed by atoms with van der Waals surface area (Å²) < 4.78 is 6.47. The van der Waals surface area contributed by atoms with E-state index in [-0.39, 0.29) is 5.91 Å². The van der Waals surface area contributed by atoms with Gasteiger partial charge in [-0.05, 0) is 42.3 Å². The molecule has 1 saturated heterocycles. The Hall–Kier alpha value is -2.42. The van der Waals surface area contributed by atoms with E-state index < -0.39 is 0 Å². The van der Waals surface area contributed by atoms with Gasteiger partial charge in [0.2, 0.25) is 0 Å². The van der Waals surface area contributed by atoms with E-state index in [1.807, 2.05) is 43.3 Å². The Morgan fingerprint density at radius 2 is 2.00 bits per heavy atom. The van der Waals surface area contributed by atoms with Gasteiger partial charge >= 0.3 is 0 Å². The van der Waals surface area contributed by atoms with Gasteiger partial charge in [0.15, 0.2) is 0 Å². The monoisotopic (exact) mass is 440 g/mol. The molecule has 1 aliphatic heterocycles. The Morgan fingerprint density at radius 1 is 1.20 bits per heavy atom. The molecule has 1 aliphatic rings. The number of nitrogens with one attached hydrogen (secondary N) is 1. The highest BCUT2D eigenvalue weighted by Gasteiger charge is 2.13. The van der Waals surface area contributed by atoms with Crippen LogP contribution < -0.4 is 10.2 Å². The van der Waals surface area contributed by atoms with Gasteiger partial charge in [0, 0.05) is 48.2 Å². The molecule has 1 N–H and O–H groups in total. The Morgan fingerprint density at radius 3 is 2.73 bits per heavy atom. The largest absolute Gasteiger partial charge is 0.378 e. The molecular weight excluding hydrogens is 416 g/mol. The molecule has 2 aromatic heterocycles. The van der Waals surface area contributed by atoms with E-state index in [4.69, 9.17) is 4.74 Å². The molecule has 3 heterocycles. The number of thioether (sulfide) groups is 1.